The first kappa shape index (κ1) is 10.9. The molecule has 3 rings (SSSR count). The summed E-state index contributed by atoms with van der Waals surface area (Å²) in [5, 5.41) is 15.5. The smallest absolute Gasteiger partial charge is 0.0800 e. The minimum atomic E-state index is 0.0323. The SMILES string of the molecule is CNC(c1cnn2ccccc12)c1cnnn1C. The van der Waals surface area contributed by atoms with Gasteiger partial charge in [-0.1, -0.05) is 11.3 Å². The average Bonchev–Trinajstić information content (AvgIpc) is 2.99. The van der Waals surface area contributed by atoms with Crippen molar-refractivity contribution in [1.82, 2.24) is 29.9 Å². The topological polar surface area (TPSA) is 60.0 Å². The minimum Gasteiger partial charge on any atom is -0.308 e. The molecule has 0 aliphatic rings. The van der Waals surface area contributed by atoms with Crippen molar-refractivity contribution in [2.24, 2.45) is 7.05 Å². The van der Waals surface area contributed by atoms with Crippen molar-refractivity contribution in [1.29, 1.82) is 0 Å². The molecular weight excluding hydrogens is 228 g/mol. The van der Waals surface area contributed by atoms with Gasteiger partial charge in [0.2, 0.25) is 0 Å². The summed E-state index contributed by atoms with van der Waals surface area (Å²) in [4.78, 5) is 0. The normalized spacial score (nSPS) is 13.0. The lowest BCUT2D eigenvalue weighted by atomic mass is 10.1. The molecule has 6 heteroatoms. The highest BCUT2D eigenvalue weighted by atomic mass is 15.4. The fourth-order valence-electron chi connectivity index (χ4n) is 2.20. The van der Waals surface area contributed by atoms with E-state index in [1.807, 2.05) is 43.1 Å². The molecule has 6 nitrogen and oxygen atoms in total. The molecule has 0 radical (unpaired) electrons. The molecular formula is C12H14N6. The highest BCUT2D eigenvalue weighted by Crippen LogP contribution is 2.24. The van der Waals surface area contributed by atoms with Crippen LogP contribution < -0.4 is 5.32 Å². The number of nitrogens with one attached hydrogen (secondary N) is 1. The van der Waals surface area contributed by atoms with Crippen molar-refractivity contribution < 1.29 is 0 Å². The van der Waals surface area contributed by atoms with E-state index < -0.39 is 0 Å². The van der Waals surface area contributed by atoms with Crippen molar-refractivity contribution in [3.8, 4) is 0 Å². The van der Waals surface area contributed by atoms with Crippen LogP contribution in [0.15, 0.2) is 36.8 Å². The summed E-state index contributed by atoms with van der Waals surface area (Å²) in [6, 6.07) is 6.06. The Morgan fingerprint density at radius 2 is 2.17 bits per heavy atom. The third kappa shape index (κ3) is 1.58. The van der Waals surface area contributed by atoms with Gasteiger partial charge in [-0.25, -0.2) is 4.52 Å². The molecule has 18 heavy (non-hydrogen) atoms. The first-order chi connectivity index (χ1) is 8.81. The minimum absolute atomic E-state index is 0.0323. The van der Waals surface area contributed by atoms with E-state index in [0.29, 0.717) is 0 Å². The molecule has 0 aromatic carbocycles. The van der Waals surface area contributed by atoms with Gasteiger partial charge < -0.3 is 5.32 Å². The second-order valence-electron chi connectivity index (χ2n) is 4.13. The van der Waals surface area contributed by atoms with Crippen LogP contribution in [0.2, 0.25) is 0 Å². The second-order valence-corrected chi connectivity index (χ2v) is 4.13. The van der Waals surface area contributed by atoms with Crippen molar-refractivity contribution in [2.75, 3.05) is 7.05 Å². The van der Waals surface area contributed by atoms with Gasteiger partial charge in [-0.05, 0) is 19.2 Å². The second kappa shape index (κ2) is 4.23. The average molecular weight is 242 g/mol. The quantitative estimate of drug-likeness (QED) is 0.737. The van der Waals surface area contributed by atoms with Gasteiger partial charge in [-0.3, -0.25) is 4.68 Å². The van der Waals surface area contributed by atoms with Crippen molar-refractivity contribution in [2.45, 2.75) is 6.04 Å². The third-order valence-electron chi connectivity index (χ3n) is 3.10. The fourth-order valence-corrected chi connectivity index (χ4v) is 2.20. The van der Waals surface area contributed by atoms with E-state index in [1.165, 1.54) is 0 Å². The molecule has 3 heterocycles. The summed E-state index contributed by atoms with van der Waals surface area (Å²) in [6.07, 6.45) is 5.59. The zero-order chi connectivity index (χ0) is 12.5. The number of rotatable bonds is 3. The van der Waals surface area contributed by atoms with E-state index in [9.17, 15) is 0 Å². The van der Waals surface area contributed by atoms with Crippen molar-refractivity contribution in [3.63, 3.8) is 0 Å². The Morgan fingerprint density at radius 1 is 1.28 bits per heavy atom. The van der Waals surface area contributed by atoms with Gasteiger partial charge >= 0.3 is 0 Å². The van der Waals surface area contributed by atoms with E-state index in [-0.39, 0.29) is 6.04 Å². The summed E-state index contributed by atoms with van der Waals surface area (Å²) >= 11 is 0. The van der Waals surface area contributed by atoms with E-state index in [2.05, 4.69) is 26.8 Å². The van der Waals surface area contributed by atoms with Gasteiger partial charge in [0.05, 0.1) is 29.6 Å². The summed E-state index contributed by atoms with van der Waals surface area (Å²) in [5.41, 5.74) is 3.21. The Bertz CT molecular complexity index is 668. The molecule has 0 spiro atoms. The number of aromatic nitrogens is 5. The molecule has 3 aromatic rings. The highest BCUT2D eigenvalue weighted by Gasteiger charge is 2.19. The van der Waals surface area contributed by atoms with Crippen LogP contribution in [0.3, 0.4) is 0 Å². The molecule has 0 saturated carbocycles. The Balaban J connectivity index is 2.15. The number of hydrogen-bond donors (Lipinski definition) is 1. The van der Waals surface area contributed by atoms with Gasteiger partial charge in [0.25, 0.3) is 0 Å². The van der Waals surface area contributed by atoms with Gasteiger partial charge in [0.15, 0.2) is 0 Å². The predicted molar refractivity (Wildman–Crippen MR) is 67.1 cm³/mol. The van der Waals surface area contributed by atoms with E-state index in [1.54, 1.807) is 10.9 Å². The molecule has 0 fully saturated rings. The first-order valence-corrected chi connectivity index (χ1v) is 5.75. The van der Waals surface area contributed by atoms with Crippen LogP contribution in [0.5, 0.6) is 0 Å². The lowest BCUT2D eigenvalue weighted by Crippen LogP contribution is -2.20. The number of aryl methyl sites for hydroxylation is 1. The molecule has 0 saturated heterocycles. The molecule has 1 N–H and O–H groups in total. The molecule has 0 bridgehead atoms. The Morgan fingerprint density at radius 3 is 2.89 bits per heavy atom. The molecule has 92 valence electrons. The lowest BCUT2D eigenvalue weighted by Gasteiger charge is -2.14. The highest BCUT2D eigenvalue weighted by molar-refractivity contribution is 5.56. The van der Waals surface area contributed by atoms with E-state index in [4.69, 9.17) is 0 Å². The molecule has 1 atom stereocenters. The molecule has 0 amide bonds. The number of nitrogens with zero attached hydrogens (tertiary/aromatic N) is 5. The maximum Gasteiger partial charge on any atom is 0.0800 e. The Labute approximate surface area is 104 Å². The van der Waals surface area contributed by atoms with E-state index >= 15 is 0 Å². The van der Waals surface area contributed by atoms with Gasteiger partial charge in [0.1, 0.15) is 0 Å². The first-order valence-electron chi connectivity index (χ1n) is 5.75. The van der Waals surface area contributed by atoms with Gasteiger partial charge in [-0.2, -0.15) is 5.10 Å². The number of pyridine rings is 1. The zero-order valence-corrected chi connectivity index (χ0v) is 10.3. The molecule has 0 aliphatic carbocycles. The zero-order valence-electron chi connectivity index (χ0n) is 10.3. The Kier molecular flexibility index (Phi) is 2.56. The van der Waals surface area contributed by atoms with Crippen LogP contribution in [0, 0.1) is 0 Å². The number of fused-ring (bicyclic) bond motifs is 1. The summed E-state index contributed by atoms with van der Waals surface area (Å²) in [6.45, 7) is 0. The van der Waals surface area contributed by atoms with Crippen LogP contribution >= 0.6 is 0 Å². The number of hydrogen-bond acceptors (Lipinski definition) is 4. The fraction of sp³-hybridized carbons (Fsp3) is 0.250. The van der Waals surface area contributed by atoms with Gasteiger partial charge in [0, 0.05) is 18.8 Å². The van der Waals surface area contributed by atoms with Crippen LogP contribution in [0.1, 0.15) is 17.3 Å². The standard InChI is InChI=1S/C12H14N6/c1-13-12(11-8-14-16-17(11)2)9-7-15-18-6-4-3-5-10(9)18/h3-8,12-13H,1-2H3. The lowest BCUT2D eigenvalue weighted by molar-refractivity contribution is 0.600. The molecule has 3 aromatic heterocycles. The summed E-state index contributed by atoms with van der Waals surface area (Å²) in [5.74, 6) is 0. The van der Waals surface area contributed by atoms with Crippen LogP contribution in [0.25, 0.3) is 5.52 Å². The maximum absolute atomic E-state index is 4.35. The largest absolute Gasteiger partial charge is 0.308 e. The predicted octanol–water partition coefficient (Wildman–Crippen LogP) is 0.772. The monoisotopic (exact) mass is 242 g/mol. The third-order valence-corrected chi connectivity index (χ3v) is 3.10. The van der Waals surface area contributed by atoms with E-state index in [0.717, 1.165) is 16.8 Å². The van der Waals surface area contributed by atoms with Crippen LogP contribution in [-0.4, -0.2) is 31.7 Å². The summed E-state index contributed by atoms with van der Waals surface area (Å²) < 4.78 is 3.64. The van der Waals surface area contributed by atoms with Crippen LogP contribution in [-0.2, 0) is 7.05 Å². The van der Waals surface area contributed by atoms with Crippen LogP contribution in [0.4, 0.5) is 0 Å². The molecule has 1 unspecified atom stereocenters. The van der Waals surface area contributed by atoms with Crippen molar-refractivity contribution >= 4 is 5.52 Å². The maximum atomic E-state index is 4.35. The van der Waals surface area contributed by atoms with Gasteiger partial charge in [-0.15, -0.1) is 5.10 Å². The van der Waals surface area contributed by atoms with Crippen molar-refractivity contribution in [3.05, 3.63) is 48.0 Å². The molecule has 0 aliphatic heterocycles. The summed E-state index contributed by atoms with van der Waals surface area (Å²) in [7, 11) is 3.81. The Hall–Kier alpha value is -2.21.